The van der Waals surface area contributed by atoms with Crippen molar-refractivity contribution in [3.05, 3.63) is 23.8 Å². The maximum atomic E-state index is 12.0. The molecule has 4 unspecified atom stereocenters. The highest BCUT2D eigenvalue weighted by atomic mass is 16.3. The molecular formula is C14H18O2. The Balaban J connectivity index is 1.98. The number of rotatable bonds is 0. The summed E-state index contributed by atoms with van der Waals surface area (Å²) in [6.07, 6.45) is 10.9. The van der Waals surface area contributed by atoms with E-state index in [-0.39, 0.29) is 17.8 Å². The van der Waals surface area contributed by atoms with E-state index in [1.165, 1.54) is 0 Å². The smallest absolute Gasteiger partial charge is 0.162 e. The van der Waals surface area contributed by atoms with Crippen LogP contribution in [0.5, 0.6) is 0 Å². The van der Waals surface area contributed by atoms with Gasteiger partial charge in [-0.05, 0) is 55.6 Å². The molecule has 0 saturated heterocycles. The highest BCUT2D eigenvalue weighted by Crippen LogP contribution is 2.45. The summed E-state index contributed by atoms with van der Waals surface area (Å²) < 4.78 is 0. The Morgan fingerprint density at radius 1 is 1.25 bits per heavy atom. The zero-order valence-corrected chi connectivity index (χ0v) is 9.43. The summed E-state index contributed by atoms with van der Waals surface area (Å²) in [5.74, 6) is 1.25. The van der Waals surface area contributed by atoms with E-state index in [0.29, 0.717) is 11.8 Å². The number of aliphatic hydroxyl groups excluding tert-OH is 1. The van der Waals surface area contributed by atoms with Gasteiger partial charge < -0.3 is 5.11 Å². The number of fused-ring (bicyclic) bond motifs is 3. The summed E-state index contributed by atoms with van der Waals surface area (Å²) in [7, 11) is 0. The second-order valence-electron chi connectivity index (χ2n) is 5.30. The van der Waals surface area contributed by atoms with E-state index in [9.17, 15) is 9.90 Å². The second kappa shape index (κ2) is 3.85. The van der Waals surface area contributed by atoms with Crippen LogP contribution in [0.25, 0.3) is 0 Å². The van der Waals surface area contributed by atoms with Crippen LogP contribution in [0.2, 0.25) is 0 Å². The van der Waals surface area contributed by atoms with Gasteiger partial charge in [0.15, 0.2) is 5.78 Å². The van der Waals surface area contributed by atoms with Crippen molar-refractivity contribution in [2.24, 2.45) is 17.8 Å². The molecule has 0 bridgehead atoms. The van der Waals surface area contributed by atoms with Crippen LogP contribution in [0.1, 0.15) is 32.1 Å². The Morgan fingerprint density at radius 3 is 3.00 bits per heavy atom. The summed E-state index contributed by atoms with van der Waals surface area (Å²) in [6.45, 7) is 0. The number of aliphatic hydroxyl groups is 1. The molecule has 0 heterocycles. The Bertz CT molecular complexity index is 367. The molecule has 86 valence electrons. The molecule has 0 aromatic rings. The molecule has 2 heteroatoms. The average Bonchev–Trinajstić information content (AvgIpc) is 2.31. The number of allylic oxidation sites excluding steroid dienone is 3. The van der Waals surface area contributed by atoms with Crippen LogP contribution >= 0.6 is 0 Å². The fourth-order valence-corrected chi connectivity index (χ4v) is 3.65. The summed E-state index contributed by atoms with van der Waals surface area (Å²) in [4.78, 5) is 12.0. The molecule has 3 rings (SSSR count). The maximum Gasteiger partial charge on any atom is 0.162 e. The lowest BCUT2D eigenvalue weighted by molar-refractivity contribution is -0.120. The standard InChI is InChI=1S/C14H18O2/c15-13-7-3-6-10-9-4-1-2-5-11(9)14(16)8-12(10)13/h2,5,8-11,13,15H,1,3-4,6-7H2. The minimum absolute atomic E-state index is 0.104. The van der Waals surface area contributed by atoms with E-state index in [1.54, 1.807) is 6.08 Å². The molecule has 0 radical (unpaired) electrons. The molecule has 1 saturated carbocycles. The molecule has 0 amide bonds. The van der Waals surface area contributed by atoms with Crippen molar-refractivity contribution in [1.82, 2.24) is 0 Å². The first-order chi connectivity index (χ1) is 7.77. The van der Waals surface area contributed by atoms with Gasteiger partial charge in [-0.15, -0.1) is 0 Å². The number of carbonyl (C=O) groups excluding carboxylic acids is 1. The third-order valence-corrected chi connectivity index (χ3v) is 4.43. The van der Waals surface area contributed by atoms with Gasteiger partial charge in [-0.3, -0.25) is 4.79 Å². The molecule has 16 heavy (non-hydrogen) atoms. The van der Waals surface area contributed by atoms with Gasteiger partial charge in [0.25, 0.3) is 0 Å². The van der Waals surface area contributed by atoms with E-state index in [0.717, 1.165) is 37.7 Å². The van der Waals surface area contributed by atoms with Crippen molar-refractivity contribution in [2.45, 2.75) is 38.2 Å². The summed E-state index contributed by atoms with van der Waals surface area (Å²) in [5, 5.41) is 9.97. The third kappa shape index (κ3) is 1.47. The molecule has 0 aromatic carbocycles. The molecule has 2 nitrogen and oxygen atoms in total. The zero-order valence-electron chi connectivity index (χ0n) is 9.43. The van der Waals surface area contributed by atoms with Crippen LogP contribution in [-0.2, 0) is 4.79 Å². The Labute approximate surface area is 96.0 Å². The molecule has 1 N–H and O–H groups in total. The molecular weight excluding hydrogens is 200 g/mol. The summed E-state index contributed by atoms with van der Waals surface area (Å²) >= 11 is 0. The van der Waals surface area contributed by atoms with Crippen LogP contribution in [0.3, 0.4) is 0 Å². The first kappa shape index (κ1) is 10.3. The fourth-order valence-electron chi connectivity index (χ4n) is 3.65. The molecule has 0 spiro atoms. The predicted octanol–water partition coefficient (Wildman–Crippen LogP) is 2.24. The SMILES string of the molecule is O=C1C=C2C(O)CCCC2C2CCC=CC12. The van der Waals surface area contributed by atoms with Crippen LogP contribution < -0.4 is 0 Å². The normalized spacial score (nSPS) is 42.3. The molecule has 4 atom stereocenters. The number of carbonyl (C=O) groups is 1. The van der Waals surface area contributed by atoms with Crippen molar-refractivity contribution in [1.29, 1.82) is 0 Å². The van der Waals surface area contributed by atoms with Crippen LogP contribution in [0, 0.1) is 17.8 Å². The number of hydrogen-bond acceptors (Lipinski definition) is 2. The highest BCUT2D eigenvalue weighted by Gasteiger charge is 2.41. The largest absolute Gasteiger partial charge is 0.389 e. The first-order valence-electron chi connectivity index (χ1n) is 6.37. The lowest BCUT2D eigenvalue weighted by Gasteiger charge is -2.42. The third-order valence-electron chi connectivity index (χ3n) is 4.43. The lowest BCUT2D eigenvalue weighted by atomic mass is 9.63. The van der Waals surface area contributed by atoms with Gasteiger partial charge in [-0.1, -0.05) is 12.2 Å². The van der Waals surface area contributed by atoms with E-state index >= 15 is 0 Å². The monoisotopic (exact) mass is 218 g/mol. The van der Waals surface area contributed by atoms with Crippen LogP contribution in [0.4, 0.5) is 0 Å². The van der Waals surface area contributed by atoms with Crippen molar-refractivity contribution in [3.63, 3.8) is 0 Å². The van der Waals surface area contributed by atoms with Crippen molar-refractivity contribution in [3.8, 4) is 0 Å². The van der Waals surface area contributed by atoms with Gasteiger partial charge in [0.2, 0.25) is 0 Å². The topological polar surface area (TPSA) is 37.3 Å². The summed E-state index contributed by atoms with van der Waals surface area (Å²) in [5.41, 5.74) is 1.04. The molecule has 3 aliphatic carbocycles. The van der Waals surface area contributed by atoms with Crippen LogP contribution in [0.15, 0.2) is 23.8 Å². The van der Waals surface area contributed by atoms with Gasteiger partial charge in [-0.2, -0.15) is 0 Å². The van der Waals surface area contributed by atoms with E-state index in [1.807, 2.05) is 0 Å². The van der Waals surface area contributed by atoms with Gasteiger partial charge in [0, 0.05) is 5.92 Å². The molecule has 1 fully saturated rings. The van der Waals surface area contributed by atoms with Crippen molar-refractivity contribution < 1.29 is 9.90 Å². The molecule has 3 aliphatic rings. The Kier molecular flexibility index (Phi) is 2.47. The van der Waals surface area contributed by atoms with Crippen molar-refractivity contribution in [2.75, 3.05) is 0 Å². The van der Waals surface area contributed by atoms with Gasteiger partial charge in [0.1, 0.15) is 0 Å². The Hall–Kier alpha value is -0.890. The quantitative estimate of drug-likeness (QED) is 0.633. The first-order valence-corrected chi connectivity index (χ1v) is 6.37. The van der Waals surface area contributed by atoms with Crippen LogP contribution in [-0.4, -0.2) is 17.0 Å². The number of hydrogen-bond donors (Lipinski definition) is 1. The lowest BCUT2D eigenvalue weighted by Crippen LogP contribution is -2.40. The highest BCUT2D eigenvalue weighted by molar-refractivity contribution is 5.95. The van der Waals surface area contributed by atoms with E-state index < -0.39 is 0 Å². The van der Waals surface area contributed by atoms with Gasteiger partial charge >= 0.3 is 0 Å². The van der Waals surface area contributed by atoms with Crippen molar-refractivity contribution >= 4 is 5.78 Å². The number of ketones is 1. The average molecular weight is 218 g/mol. The van der Waals surface area contributed by atoms with E-state index in [2.05, 4.69) is 12.2 Å². The minimum Gasteiger partial charge on any atom is -0.389 e. The van der Waals surface area contributed by atoms with Gasteiger partial charge in [-0.25, -0.2) is 0 Å². The second-order valence-corrected chi connectivity index (χ2v) is 5.30. The fraction of sp³-hybridized carbons (Fsp3) is 0.643. The Morgan fingerprint density at radius 2 is 2.12 bits per heavy atom. The molecule has 0 aromatic heterocycles. The maximum absolute atomic E-state index is 12.0. The van der Waals surface area contributed by atoms with Gasteiger partial charge in [0.05, 0.1) is 6.10 Å². The molecule has 0 aliphatic heterocycles. The minimum atomic E-state index is -0.352. The van der Waals surface area contributed by atoms with E-state index in [4.69, 9.17) is 0 Å². The summed E-state index contributed by atoms with van der Waals surface area (Å²) in [6, 6.07) is 0. The zero-order chi connectivity index (χ0) is 11.1. The predicted molar refractivity (Wildman–Crippen MR) is 61.8 cm³/mol.